The highest BCUT2D eigenvalue weighted by molar-refractivity contribution is 5.87. The highest BCUT2D eigenvalue weighted by atomic mass is 16.6. The maximum atomic E-state index is 12.6. The molecule has 0 fully saturated rings. The third kappa shape index (κ3) is 15.3. The van der Waals surface area contributed by atoms with E-state index < -0.39 is 41.3 Å². The first-order valence-corrected chi connectivity index (χ1v) is 11.7. The molecule has 10 nitrogen and oxygen atoms in total. The lowest BCUT2D eigenvalue weighted by Crippen LogP contribution is -2.48. The molecule has 1 atom stereocenters. The van der Waals surface area contributed by atoms with Crippen LogP contribution in [0.1, 0.15) is 66.4 Å². The third-order valence-electron chi connectivity index (χ3n) is 4.22. The average molecular weight is 494 g/mol. The lowest BCUT2D eigenvalue weighted by Gasteiger charge is -2.25. The number of alkyl carbamates (subject to hydrolysis) is 2. The minimum Gasteiger partial charge on any atom is -0.458 e. The Kier molecular flexibility index (Phi) is 12.0. The van der Waals surface area contributed by atoms with Crippen molar-refractivity contribution in [1.29, 1.82) is 0 Å². The molecule has 0 aliphatic rings. The minimum atomic E-state index is -0.896. The quantitative estimate of drug-likeness (QED) is 0.244. The fourth-order valence-corrected chi connectivity index (χ4v) is 2.77. The molecule has 3 amide bonds. The lowest BCUT2D eigenvalue weighted by atomic mass is 10.1. The Labute approximate surface area is 207 Å². The minimum absolute atomic E-state index is 0.177. The number of hydrogen-bond donors (Lipinski definition) is 3. The first-order chi connectivity index (χ1) is 16.2. The largest absolute Gasteiger partial charge is 0.458 e. The second-order valence-corrected chi connectivity index (χ2v) is 9.99. The third-order valence-corrected chi connectivity index (χ3v) is 4.22. The van der Waals surface area contributed by atoms with Crippen molar-refractivity contribution in [2.24, 2.45) is 0 Å². The maximum absolute atomic E-state index is 12.6. The number of amides is 3. The van der Waals surface area contributed by atoms with Gasteiger partial charge >= 0.3 is 18.2 Å². The molecule has 0 bridgehead atoms. The van der Waals surface area contributed by atoms with E-state index in [1.165, 1.54) is 0 Å². The van der Waals surface area contributed by atoms with Gasteiger partial charge in [0.1, 0.15) is 30.4 Å². The molecule has 10 heteroatoms. The van der Waals surface area contributed by atoms with Crippen molar-refractivity contribution >= 4 is 24.1 Å². The molecule has 1 aromatic rings. The molecular formula is C25H39N3O7. The van der Waals surface area contributed by atoms with Gasteiger partial charge in [-0.3, -0.25) is 4.79 Å². The van der Waals surface area contributed by atoms with E-state index in [0.29, 0.717) is 25.8 Å². The summed E-state index contributed by atoms with van der Waals surface area (Å²) in [6.45, 7) is 10.5. The van der Waals surface area contributed by atoms with Crippen molar-refractivity contribution in [2.45, 2.75) is 84.7 Å². The maximum Gasteiger partial charge on any atom is 0.408 e. The van der Waals surface area contributed by atoms with Crippen LogP contribution in [0, 0.1) is 0 Å². The molecule has 0 aromatic heterocycles. The Bertz CT molecular complexity index is 830. The molecule has 3 N–H and O–H groups in total. The fraction of sp³-hybridized carbons (Fsp3) is 0.600. The zero-order chi connectivity index (χ0) is 26.5. The van der Waals surface area contributed by atoms with Crippen LogP contribution in [0.3, 0.4) is 0 Å². The first kappa shape index (κ1) is 29.7. The van der Waals surface area contributed by atoms with Crippen molar-refractivity contribution in [3.8, 4) is 0 Å². The van der Waals surface area contributed by atoms with Crippen LogP contribution in [0.5, 0.6) is 0 Å². The van der Waals surface area contributed by atoms with Crippen LogP contribution in [0.15, 0.2) is 30.3 Å². The standard InChI is InChI=1S/C25H39N3O7/c1-24(2,3)34-21(30)19(28-20(29)16-27-23(32)35-25(4,5)6)14-10-11-15-26-22(31)33-17-18-12-8-7-9-13-18/h7-9,12-13,19H,10-11,14-17H2,1-6H3,(H,26,31)(H,27,32)(H,28,29)/t19-/m0/s1. The second kappa shape index (κ2) is 14.2. The zero-order valence-corrected chi connectivity index (χ0v) is 21.6. The monoisotopic (exact) mass is 493 g/mol. The van der Waals surface area contributed by atoms with Gasteiger partial charge in [0.2, 0.25) is 5.91 Å². The van der Waals surface area contributed by atoms with Gasteiger partial charge in [0, 0.05) is 6.54 Å². The summed E-state index contributed by atoms with van der Waals surface area (Å²) in [7, 11) is 0. The van der Waals surface area contributed by atoms with E-state index in [4.69, 9.17) is 14.2 Å². The number of nitrogens with one attached hydrogen (secondary N) is 3. The molecule has 0 saturated carbocycles. The van der Waals surface area contributed by atoms with Gasteiger partial charge in [-0.2, -0.15) is 0 Å². The number of carbonyl (C=O) groups excluding carboxylic acids is 4. The summed E-state index contributed by atoms with van der Waals surface area (Å²) in [6.07, 6.45) is 0.133. The van der Waals surface area contributed by atoms with Gasteiger partial charge in [-0.25, -0.2) is 14.4 Å². The molecule has 0 aliphatic heterocycles. The second-order valence-electron chi connectivity index (χ2n) is 9.99. The number of ether oxygens (including phenoxy) is 3. The summed E-state index contributed by atoms with van der Waals surface area (Å²) < 4.78 is 15.7. The van der Waals surface area contributed by atoms with Crippen LogP contribution in [0.2, 0.25) is 0 Å². The number of carbonyl (C=O) groups is 4. The van der Waals surface area contributed by atoms with E-state index in [9.17, 15) is 19.2 Å². The molecule has 0 saturated heterocycles. The Hall–Kier alpha value is -3.30. The molecule has 196 valence electrons. The average Bonchev–Trinajstić information content (AvgIpc) is 2.73. The smallest absolute Gasteiger partial charge is 0.408 e. The highest BCUT2D eigenvalue weighted by Crippen LogP contribution is 2.12. The van der Waals surface area contributed by atoms with Crippen molar-refractivity contribution in [1.82, 2.24) is 16.0 Å². The van der Waals surface area contributed by atoms with Gasteiger partial charge in [-0.05, 0) is 66.4 Å². The molecule has 0 heterocycles. The van der Waals surface area contributed by atoms with Crippen molar-refractivity contribution in [2.75, 3.05) is 13.1 Å². The predicted octanol–water partition coefficient (Wildman–Crippen LogP) is 3.43. The van der Waals surface area contributed by atoms with Crippen molar-refractivity contribution in [3.05, 3.63) is 35.9 Å². The molecule has 0 unspecified atom stereocenters. The van der Waals surface area contributed by atoms with Crippen LogP contribution >= 0.6 is 0 Å². The summed E-state index contributed by atoms with van der Waals surface area (Å²) in [5.74, 6) is -1.12. The Morgan fingerprint density at radius 3 is 2.06 bits per heavy atom. The highest BCUT2D eigenvalue weighted by Gasteiger charge is 2.26. The molecule has 1 aromatic carbocycles. The van der Waals surface area contributed by atoms with Crippen LogP contribution < -0.4 is 16.0 Å². The van der Waals surface area contributed by atoms with E-state index >= 15 is 0 Å². The van der Waals surface area contributed by atoms with Gasteiger partial charge < -0.3 is 30.2 Å². The molecular weight excluding hydrogens is 454 g/mol. The predicted molar refractivity (Wildman–Crippen MR) is 130 cm³/mol. The van der Waals surface area contributed by atoms with E-state index in [-0.39, 0.29) is 13.2 Å². The SMILES string of the molecule is CC(C)(C)OC(=O)NCC(=O)N[C@@H](CCCCNC(=O)OCc1ccccc1)C(=O)OC(C)(C)C. The Morgan fingerprint density at radius 2 is 1.46 bits per heavy atom. The van der Waals surface area contributed by atoms with Gasteiger partial charge in [0.25, 0.3) is 0 Å². The summed E-state index contributed by atoms with van der Waals surface area (Å²) >= 11 is 0. The number of esters is 1. The molecule has 0 aliphatic carbocycles. The van der Waals surface area contributed by atoms with Crippen molar-refractivity contribution < 1.29 is 33.4 Å². The molecule has 35 heavy (non-hydrogen) atoms. The van der Waals surface area contributed by atoms with Gasteiger partial charge in [0.05, 0.1) is 0 Å². The van der Waals surface area contributed by atoms with E-state index in [2.05, 4.69) is 16.0 Å². The molecule has 0 radical (unpaired) electrons. The van der Waals surface area contributed by atoms with E-state index in [1.54, 1.807) is 41.5 Å². The van der Waals surface area contributed by atoms with E-state index in [1.807, 2.05) is 30.3 Å². The summed E-state index contributed by atoms with van der Waals surface area (Å²) in [5, 5.41) is 7.62. The lowest BCUT2D eigenvalue weighted by molar-refractivity contribution is -0.158. The number of unbranched alkanes of at least 4 members (excludes halogenated alkanes) is 1. The molecule has 1 rings (SSSR count). The van der Waals surface area contributed by atoms with Gasteiger partial charge in [-0.1, -0.05) is 30.3 Å². The summed E-state index contributed by atoms with van der Waals surface area (Å²) in [6, 6.07) is 8.44. The Morgan fingerprint density at radius 1 is 0.829 bits per heavy atom. The zero-order valence-electron chi connectivity index (χ0n) is 21.6. The Balaban J connectivity index is 2.45. The van der Waals surface area contributed by atoms with Crippen LogP contribution in [-0.4, -0.2) is 54.4 Å². The number of rotatable bonds is 11. The fourth-order valence-electron chi connectivity index (χ4n) is 2.77. The number of benzene rings is 1. The van der Waals surface area contributed by atoms with E-state index in [0.717, 1.165) is 5.56 Å². The van der Waals surface area contributed by atoms with Crippen LogP contribution in [0.4, 0.5) is 9.59 Å². The normalized spacial score (nSPS) is 12.2. The molecule has 0 spiro atoms. The summed E-state index contributed by atoms with van der Waals surface area (Å²) in [5.41, 5.74) is -0.528. The topological polar surface area (TPSA) is 132 Å². The first-order valence-electron chi connectivity index (χ1n) is 11.7. The number of hydrogen-bond acceptors (Lipinski definition) is 7. The van der Waals surface area contributed by atoms with Gasteiger partial charge in [-0.15, -0.1) is 0 Å². The van der Waals surface area contributed by atoms with Crippen molar-refractivity contribution in [3.63, 3.8) is 0 Å². The van der Waals surface area contributed by atoms with Crippen LogP contribution in [-0.2, 0) is 30.4 Å². The van der Waals surface area contributed by atoms with Crippen LogP contribution in [0.25, 0.3) is 0 Å². The van der Waals surface area contributed by atoms with Gasteiger partial charge in [0.15, 0.2) is 0 Å². The summed E-state index contributed by atoms with van der Waals surface area (Å²) in [4.78, 5) is 48.4.